The van der Waals surface area contributed by atoms with Crippen molar-refractivity contribution < 1.29 is 157 Å². The van der Waals surface area contributed by atoms with Gasteiger partial charge in [0.25, 0.3) is 0 Å². The van der Waals surface area contributed by atoms with E-state index in [4.69, 9.17) is 62.2 Å². The van der Waals surface area contributed by atoms with Gasteiger partial charge in [-0.2, -0.15) is 33.7 Å². The molecule has 10 unspecified atom stereocenters. The van der Waals surface area contributed by atoms with Crippen LogP contribution >= 0.6 is 0 Å². The summed E-state index contributed by atoms with van der Waals surface area (Å²) in [6.07, 6.45) is -43.4. The molecule has 5 fully saturated rings. The van der Waals surface area contributed by atoms with Crippen LogP contribution in [0.2, 0.25) is 0 Å². The van der Waals surface area contributed by atoms with E-state index < -0.39 is 220 Å². The lowest BCUT2D eigenvalue weighted by molar-refractivity contribution is -0.374. The molecule has 5 rings (SSSR count). The Morgan fingerprint density at radius 2 is 0.973 bits per heavy atom. The van der Waals surface area contributed by atoms with Gasteiger partial charge in [0, 0.05) is 24.9 Å². The summed E-state index contributed by atoms with van der Waals surface area (Å²) in [5.41, 5.74) is 6.42. The molecule has 0 aliphatic carbocycles. The average molecular weight is 1170 g/mol. The van der Waals surface area contributed by atoms with Gasteiger partial charge in [0.05, 0.1) is 44.2 Å². The highest BCUT2D eigenvalue weighted by atomic mass is 32.3. The van der Waals surface area contributed by atoms with Crippen LogP contribution in [0, 0.1) is 22.7 Å². The lowest BCUT2D eigenvalue weighted by Gasteiger charge is -2.50. The zero-order valence-corrected chi connectivity index (χ0v) is 41.7. The Morgan fingerprint density at radius 1 is 0.500 bits per heavy atom. The number of methoxy groups -OCH3 is 1. The SMILES string of the molecule is CO[C@H]1OC(COS(=O)(=O)O)[C@@H](O[C@@H]2O[C@@H](N=O)[C@@H](O[C@H]3OC(COS(=O)(=O)O)[C@@H](O[C@@H]4OC(C(=O)O)[C@@H](O[C@H]5OC(COS(=O)(=O)O)[C@@H](O)[C@H](O)C5C)[C@H](O)C4O)[C@H](C)C3N)C(O)C2OS(=O)(=O)O)[C@H](O)C1C. The molecule has 74 heavy (non-hydrogen) atoms. The van der Waals surface area contributed by atoms with Crippen LogP contribution in [0.1, 0.15) is 20.8 Å². The number of aliphatic hydroxyl groups is 6. The van der Waals surface area contributed by atoms with Gasteiger partial charge in [-0.15, -0.1) is 4.91 Å². The van der Waals surface area contributed by atoms with Gasteiger partial charge in [-0.3, -0.25) is 18.2 Å². The van der Waals surface area contributed by atoms with Crippen LogP contribution < -0.4 is 5.73 Å². The number of carbonyl (C=O) groups is 1. The van der Waals surface area contributed by atoms with E-state index in [0.717, 1.165) is 7.11 Å². The molecule has 0 aromatic carbocycles. The third-order valence-corrected chi connectivity index (χ3v) is 14.0. The van der Waals surface area contributed by atoms with Crippen LogP contribution in [0.5, 0.6) is 0 Å². The van der Waals surface area contributed by atoms with Gasteiger partial charge in [-0.1, -0.05) is 20.8 Å². The first-order chi connectivity index (χ1) is 34.1. The van der Waals surface area contributed by atoms with Gasteiger partial charge in [0.1, 0.15) is 61.0 Å². The number of rotatable bonds is 22. The summed E-state index contributed by atoms with van der Waals surface area (Å²) in [6, 6.07) is -1.66. The number of carboxylic acids is 1. The highest BCUT2D eigenvalue weighted by molar-refractivity contribution is 7.81. The fourth-order valence-corrected chi connectivity index (χ4v) is 9.78. The number of nitrogens with zero attached hydrogens (tertiary/aromatic N) is 1. The minimum absolute atomic E-state index is 1.06. The molecule has 0 saturated carbocycles. The van der Waals surface area contributed by atoms with Crippen molar-refractivity contribution in [3.05, 3.63) is 4.91 Å². The first-order valence-electron chi connectivity index (χ1n) is 21.4. The first kappa shape index (κ1) is 62.7. The maximum Gasteiger partial charge on any atom is 0.397 e. The fourth-order valence-electron chi connectivity index (χ4n) is 8.38. The highest BCUT2D eigenvalue weighted by Gasteiger charge is 2.58. The molecule has 5 aliphatic rings. The van der Waals surface area contributed by atoms with Crippen molar-refractivity contribution in [2.24, 2.45) is 28.7 Å². The molecule has 0 spiro atoms. The zero-order chi connectivity index (χ0) is 55.7. The summed E-state index contributed by atoms with van der Waals surface area (Å²) in [5.74, 6) is -5.62. The monoisotopic (exact) mass is 1170 g/mol. The van der Waals surface area contributed by atoms with Crippen LogP contribution in [0.3, 0.4) is 0 Å². The van der Waals surface area contributed by atoms with Gasteiger partial charge in [-0.25, -0.2) is 21.5 Å². The molecule has 432 valence electrons. The van der Waals surface area contributed by atoms with Crippen molar-refractivity contribution in [2.45, 2.75) is 156 Å². The van der Waals surface area contributed by atoms with Crippen molar-refractivity contribution >= 4 is 47.6 Å². The maximum atomic E-state index is 12.6. The van der Waals surface area contributed by atoms with Crippen molar-refractivity contribution in [1.29, 1.82) is 0 Å². The lowest BCUT2D eigenvalue weighted by Crippen LogP contribution is -2.67. The van der Waals surface area contributed by atoms with Crippen LogP contribution in [0.15, 0.2) is 5.18 Å². The minimum atomic E-state index is -5.66. The molecule has 13 N–H and O–H groups in total. The quantitative estimate of drug-likeness (QED) is 0.0354. The van der Waals surface area contributed by atoms with E-state index in [1.54, 1.807) is 0 Å². The van der Waals surface area contributed by atoms with Crippen molar-refractivity contribution in [3.63, 3.8) is 0 Å². The molecule has 0 amide bonds. The average Bonchev–Trinajstić information content (AvgIpc) is 3.29. The van der Waals surface area contributed by atoms with E-state index in [1.165, 1.54) is 20.8 Å². The Balaban J connectivity index is 1.38. The number of hydrogen-bond acceptors (Lipinski definition) is 32. The van der Waals surface area contributed by atoms with Crippen molar-refractivity contribution in [2.75, 3.05) is 26.9 Å². The highest BCUT2D eigenvalue weighted by Crippen LogP contribution is 2.39. The van der Waals surface area contributed by atoms with E-state index in [9.17, 15) is 88.2 Å². The molecule has 5 aliphatic heterocycles. The molecule has 0 bridgehead atoms. The third-order valence-electron chi connectivity index (χ3n) is 12.3. The predicted octanol–water partition coefficient (Wildman–Crippen LogP) is -7.35. The summed E-state index contributed by atoms with van der Waals surface area (Å²) in [6.45, 7) is 0.280. The molecule has 37 nitrogen and oxygen atoms in total. The Labute approximate surface area is 419 Å². The van der Waals surface area contributed by atoms with E-state index in [1.807, 2.05) is 0 Å². The predicted molar refractivity (Wildman–Crippen MR) is 224 cm³/mol. The van der Waals surface area contributed by atoms with Gasteiger partial charge >= 0.3 is 47.6 Å². The van der Waals surface area contributed by atoms with Crippen LogP contribution in [0.25, 0.3) is 0 Å². The Bertz CT molecular complexity index is 2350. The topological polar surface area (TPSA) is 561 Å². The van der Waals surface area contributed by atoms with Gasteiger partial charge < -0.3 is 88.8 Å². The second kappa shape index (κ2) is 24.9. The number of hydrogen-bond donors (Lipinski definition) is 12. The first-order valence-corrected chi connectivity index (χ1v) is 26.8. The molecular formula is C33H56N2O35S4. The van der Waals surface area contributed by atoms with E-state index >= 15 is 0 Å². The number of ether oxygens (including phenoxy) is 10. The number of carboxylic acid groups (broad SMARTS) is 1. The van der Waals surface area contributed by atoms with E-state index in [2.05, 4.69) is 21.9 Å². The van der Waals surface area contributed by atoms with Crippen LogP contribution in [-0.2, 0) is 110 Å². The second-order valence-electron chi connectivity index (χ2n) is 17.3. The third kappa shape index (κ3) is 15.8. The standard InChI is InChI=1S/C33H56N2O35S4/c1-8-14(34)31(67-24-20(41)25(70-74(54,55)56)33(69-27(24)35-44)65-22-13(7-60-73(51,52)53)62-29(57-4)10(3)16(22)37)63-12(6-59-72(48,49)50)21(8)64-32-19(40)18(39)23(26(68-32)28(42)43)66-30-9(2)15(36)17(38)11(61-30)5-58-71(45,46)47/h8-27,29-33,36-41H,5-7,34H2,1-4H3,(H,42,43)(H,45,46,47)(H,48,49,50)(H,51,52,53)(H,54,55,56)/t8-,9?,10?,11?,12?,13?,14?,15-,16-,17-,18-,19?,20?,21+,22-,23+,24+,25?,26?,27-,29+,30-,31-,32-,33-/m1/s1. The van der Waals surface area contributed by atoms with Crippen molar-refractivity contribution in [3.8, 4) is 0 Å². The van der Waals surface area contributed by atoms with Gasteiger partial charge in [0.15, 0.2) is 43.7 Å². The van der Waals surface area contributed by atoms with Crippen molar-refractivity contribution in [1.82, 2.24) is 0 Å². The number of aliphatic hydroxyl groups excluding tert-OH is 6. The van der Waals surface area contributed by atoms with Gasteiger partial charge in [-0.05, 0) is 5.18 Å². The molecule has 41 heteroatoms. The molecule has 0 aromatic rings. The smallest absolute Gasteiger partial charge is 0.397 e. The summed E-state index contributed by atoms with van der Waals surface area (Å²) in [4.78, 5) is 24.9. The van der Waals surface area contributed by atoms with E-state index in [-0.39, 0.29) is 0 Å². The number of nitroso groups, excluding NO2 is 1. The molecule has 5 saturated heterocycles. The number of nitrogens with two attached hydrogens (primary N) is 1. The Kier molecular flexibility index (Phi) is 21.1. The zero-order valence-electron chi connectivity index (χ0n) is 38.4. The summed E-state index contributed by atoms with van der Waals surface area (Å²) >= 11 is 0. The van der Waals surface area contributed by atoms with Crippen LogP contribution in [-0.4, -0.2) is 256 Å². The summed E-state index contributed by atoms with van der Waals surface area (Å²) in [7, 11) is -20.2. The summed E-state index contributed by atoms with van der Waals surface area (Å²) < 4.78 is 203. The minimum Gasteiger partial charge on any atom is -0.479 e. The number of aliphatic carboxylic acids is 1. The Morgan fingerprint density at radius 3 is 1.49 bits per heavy atom. The fraction of sp³-hybridized carbons (Fsp3) is 0.970. The summed E-state index contributed by atoms with van der Waals surface area (Å²) in [5, 5.41) is 79.1. The van der Waals surface area contributed by atoms with Crippen LogP contribution in [0.4, 0.5) is 0 Å². The molecule has 0 radical (unpaired) electrons. The molecule has 25 atom stereocenters. The second-order valence-corrected chi connectivity index (χ2v) is 21.6. The lowest BCUT2D eigenvalue weighted by atomic mass is 9.88. The Hall–Kier alpha value is -2.13. The molecule has 5 heterocycles. The largest absolute Gasteiger partial charge is 0.479 e. The molecular weight excluding hydrogens is 1110 g/mol. The maximum absolute atomic E-state index is 12.6. The van der Waals surface area contributed by atoms with E-state index in [0.29, 0.717) is 0 Å². The normalized spacial score (nSPS) is 43.9. The van der Waals surface area contributed by atoms with Gasteiger partial charge in [0.2, 0.25) is 6.23 Å². The molecule has 0 aromatic heterocycles.